The van der Waals surface area contributed by atoms with Gasteiger partial charge in [0.1, 0.15) is 11.8 Å². The maximum atomic E-state index is 13.6. The van der Waals surface area contributed by atoms with Gasteiger partial charge in [-0.25, -0.2) is 8.42 Å². The predicted octanol–water partition coefficient (Wildman–Crippen LogP) is 4.93. The van der Waals surface area contributed by atoms with Crippen LogP contribution in [-0.2, 0) is 26.2 Å². The number of nitrogens with one attached hydrogen (secondary N) is 1. The van der Waals surface area contributed by atoms with Gasteiger partial charge in [0.2, 0.25) is 21.8 Å². The molecule has 0 aliphatic rings. The van der Waals surface area contributed by atoms with Crippen LogP contribution >= 0.6 is 11.6 Å². The summed E-state index contributed by atoms with van der Waals surface area (Å²) in [5.41, 5.74) is 2.08. The molecule has 0 bridgehead atoms. The van der Waals surface area contributed by atoms with Crippen LogP contribution in [0, 0.1) is 6.92 Å². The number of aryl methyl sites for hydroxylation is 1. The van der Waals surface area contributed by atoms with Crippen molar-refractivity contribution in [2.24, 2.45) is 0 Å². The number of hydrogen-bond donors (Lipinski definition) is 1. The van der Waals surface area contributed by atoms with Gasteiger partial charge in [-0.2, -0.15) is 0 Å². The molecule has 2 aromatic carbocycles. The minimum absolute atomic E-state index is 0.0189. The van der Waals surface area contributed by atoms with Crippen LogP contribution in [0.25, 0.3) is 0 Å². The van der Waals surface area contributed by atoms with E-state index in [0.717, 1.165) is 23.8 Å². The normalized spacial score (nSPS) is 12.9. The molecule has 0 spiro atoms. The first kappa shape index (κ1) is 31.4. The highest BCUT2D eigenvalue weighted by Gasteiger charge is 2.29. The first-order chi connectivity index (χ1) is 17.9. The number of rotatable bonds is 14. The number of halogens is 1. The zero-order valence-corrected chi connectivity index (χ0v) is 24.7. The van der Waals surface area contributed by atoms with Gasteiger partial charge in [-0.15, -0.1) is 0 Å². The summed E-state index contributed by atoms with van der Waals surface area (Å²) in [7, 11) is -2.04. The zero-order chi connectivity index (χ0) is 28.5. The lowest BCUT2D eigenvalue weighted by atomic mass is 10.1. The van der Waals surface area contributed by atoms with E-state index in [4.69, 9.17) is 16.3 Å². The fourth-order valence-electron chi connectivity index (χ4n) is 4.16. The number of anilines is 1. The number of amides is 2. The van der Waals surface area contributed by atoms with Crippen molar-refractivity contribution in [3.8, 4) is 5.75 Å². The first-order valence-corrected chi connectivity index (χ1v) is 15.1. The van der Waals surface area contributed by atoms with E-state index in [1.165, 1.54) is 4.31 Å². The lowest BCUT2D eigenvalue weighted by Crippen LogP contribution is -2.50. The number of nitrogens with zero attached hydrogens (tertiary/aromatic N) is 2. The molecule has 0 fully saturated rings. The monoisotopic (exact) mass is 565 g/mol. The van der Waals surface area contributed by atoms with Crippen molar-refractivity contribution in [1.29, 1.82) is 0 Å². The van der Waals surface area contributed by atoms with E-state index in [1.807, 2.05) is 52.0 Å². The molecule has 2 rings (SSSR count). The Labute approximate surface area is 232 Å². The van der Waals surface area contributed by atoms with Gasteiger partial charge in [0, 0.05) is 30.6 Å². The van der Waals surface area contributed by atoms with Gasteiger partial charge in [-0.05, 0) is 68.5 Å². The smallest absolute Gasteiger partial charge is 0.243 e. The van der Waals surface area contributed by atoms with Gasteiger partial charge in [0.25, 0.3) is 0 Å². The van der Waals surface area contributed by atoms with Crippen molar-refractivity contribution in [3.05, 3.63) is 58.6 Å². The standard InChI is InChI=1S/C28H40ClN3O5S/c1-7-21(4)30-28(34)25(8-2)31(19-22-11-9-12-24(17-22)37-5)27(33)13-10-16-32(38(6,35)36)26-18-23(29)15-14-20(26)3/h9,11-12,14-15,17-18,21,25H,7-8,10,13,16,19H2,1-6H3,(H,30,34)/t21-,25-/m0/s1. The third kappa shape index (κ3) is 8.91. The van der Waals surface area contributed by atoms with E-state index >= 15 is 0 Å². The number of sulfonamides is 1. The minimum atomic E-state index is -3.61. The third-order valence-electron chi connectivity index (χ3n) is 6.47. The van der Waals surface area contributed by atoms with Gasteiger partial charge in [0.15, 0.2) is 0 Å². The van der Waals surface area contributed by atoms with E-state index in [9.17, 15) is 18.0 Å². The molecule has 1 N–H and O–H groups in total. The summed E-state index contributed by atoms with van der Waals surface area (Å²) in [6.45, 7) is 7.93. The third-order valence-corrected chi connectivity index (χ3v) is 7.88. The Morgan fingerprint density at radius 1 is 1.11 bits per heavy atom. The van der Waals surface area contributed by atoms with Crippen LogP contribution in [0.3, 0.4) is 0 Å². The van der Waals surface area contributed by atoms with Crippen molar-refractivity contribution in [2.75, 3.05) is 24.2 Å². The van der Waals surface area contributed by atoms with Crippen molar-refractivity contribution < 1.29 is 22.7 Å². The molecule has 2 aromatic rings. The van der Waals surface area contributed by atoms with E-state index in [0.29, 0.717) is 22.9 Å². The van der Waals surface area contributed by atoms with Gasteiger partial charge in [-0.1, -0.05) is 43.6 Å². The molecule has 0 heterocycles. The fraction of sp³-hybridized carbons (Fsp3) is 0.500. The molecule has 10 heteroatoms. The summed E-state index contributed by atoms with van der Waals surface area (Å²) >= 11 is 6.13. The molecule has 38 heavy (non-hydrogen) atoms. The van der Waals surface area contributed by atoms with Crippen molar-refractivity contribution in [1.82, 2.24) is 10.2 Å². The van der Waals surface area contributed by atoms with Gasteiger partial charge >= 0.3 is 0 Å². The van der Waals surface area contributed by atoms with E-state index in [-0.39, 0.29) is 43.8 Å². The second-order valence-corrected chi connectivity index (χ2v) is 11.8. The molecule has 0 aromatic heterocycles. The minimum Gasteiger partial charge on any atom is -0.497 e. The molecular formula is C28H40ClN3O5S. The number of benzene rings is 2. The summed E-state index contributed by atoms with van der Waals surface area (Å²) in [6, 6.07) is 11.8. The van der Waals surface area contributed by atoms with Crippen LogP contribution in [0.1, 0.15) is 57.6 Å². The Balaban J connectivity index is 2.28. The maximum Gasteiger partial charge on any atom is 0.243 e. The molecule has 0 aliphatic carbocycles. The first-order valence-electron chi connectivity index (χ1n) is 12.9. The van der Waals surface area contributed by atoms with Crippen molar-refractivity contribution in [2.45, 2.75) is 72.0 Å². The number of carbonyl (C=O) groups excluding carboxylic acids is 2. The van der Waals surface area contributed by atoms with Crippen molar-refractivity contribution in [3.63, 3.8) is 0 Å². The Morgan fingerprint density at radius 3 is 2.42 bits per heavy atom. The predicted molar refractivity (Wildman–Crippen MR) is 153 cm³/mol. The Morgan fingerprint density at radius 2 is 1.82 bits per heavy atom. The largest absolute Gasteiger partial charge is 0.497 e. The molecule has 210 valence electrons. The fourth-order valence-corrected chi connectivity index (χ4v) is 5.34. The summed E-state index contributed by atoms with van der Waals surface area (Å²) < 4.78 is 31.8. The molecule has 0 aliphatic heterocycles. The molecule has 8 nitrogen and oxygen atoms in total. The number of ether oxygens (including phenoxy) is 1. The van der Waals surface area contributed by atoms with E-state index in [1.54, 1.807) is 30.2 Å². The summed E-state index contributed by atoms with van der Waals surface area (Å²) in [6.07, 6.45) is 2.70. The summed E-state index contributed by atoms with van der Waals surface area (Å²) in [5.74, 6) is 0.230. The van der Waals surface area contributed by atoms with Crippen LogP contribution in [0.2, 0.25) is 5.02 Å². The number of methoxy groups -OCH3 is 1. The molecule has 0 radical (unpaired) electrons. The molecule has 0 saturated heterocycles. The van der Waals surface area contributed by atoms with Crippen LogP contribution in [0.15, 0.2) is 42.5 Å². The van der Waals surface area contributed by atoms with Crippen molar-refractivity contribution >= 4 is 39.1 Å². The van der Waals surface area contributed by atoms with Crippen LogP contribution < -0.4 is 14.4 Å². The summed E-state index contributed by atoms with van der Waals surface area (Å²) in [5, 5.41) is 3.42. The number of hydrogen-bond acceptors (Lipinski definition) is 5. The second-order valence-electron chi connectivity index (χ2n) is 9.48. The SMILES string of the molecule is CC[C@H](C)NC(=O)[C@H](CC)N(Cc1cccc(OC)c1)C(=O)CCCN(c1cc(Cl)ccc1C)S(C)(=O)=O. The van der Waals surface area contributed by atoms with Crippen LogP contribution in [0.5, 0.6) is 5.75 Å². The molecule has 0 saturated carbocycles. The Kier molecular flexibility index (Phi) is 11.9. The van der Waals surface area contributed by atoms with E-state index in [2.05, 4.69) is 5.32 Å². The lowest BCUT2D eigenvalue weighted by Gasteiger charge is -2.32. The van der Waals surface area contributed by atoms with Gasteiger partial charge in [-0.3, -0.25) is 13.9 Å². The van der Waals surface area contributed by atoms with E-state index < -0.39 is 16.1 Å². The van der Waals surface area contributed by atoms with Gasteiger partial charge in [0.05, 0.1) is 19.1 Å². The average molecular weight is 566 g/mol. The van der Waals surface area contributed by atoms with Crippen LogP contribution in [-0.4, -0.2) is 57.1 Å². The molecule has 0 unspecified atom stereocenters. The molecule has 2 amide bonds. The Bertz CT molecular complexity index is 1200. The number of carbonyl (C=O) groups is 2. The average Bonchev–Trinajstić information content (AvgIpc) is 2.87. The molecular weight excluding hydrogens is 526 g/mol. The van der Waals surface area contributed by atoms with Crippen LogP contribution in [0.4, 0.5) is 5.69 Å². The maximum absolute atomic E-state index is 13.6. The highest BCUT2D eigenvalue weighted by molar-refractivity contribution is 7.92. The summed E-state index contributed by atoms with van der Waals surface area (Å²) in [4.78, 5) is 28.3. The zero-order valence-electron chi connectivity index (χ0n) is 23.2. The Hall–Kier alpha value is -2.78. The highest BCUT2D eigenvalue weighted by Crippen LogP contribution is 2.27. The quantitative estimate of drug-likeness (QED) is 0.350. The highest BCUT2D eigenvalue weighted by atomic mass is 35.5. The second kappa shape index (κ2) is 14.4. The molecule has 2 atom stereocenters. The van der Waals surface area contributed by atoms with Gasteiger partial charge < -0.3 is 15.0 Å². The lowest BCUT2D eigenvalue weighted by molar-refractivity contribution is -0.141. The topological polar surface area (TPSA) is 96.0 Å².